The van der Waals surface area contributed by atoms with Crippen molar-refractivity contribution in [3.05, 3.63) is 41.7 Å². The summed E-state index contributed by atoms with van der Waals surface area (Å²) in [5, 5.41) is 7.98. The van der Waals surface area contributed by atoms with Gasteiger partial charge in [0.2, 0.25) is 0 Å². The van der Waals surface area contributed by atoms with Crippen molar-refractivity contribution < 1.29 is 4.74 Å². The molecule has 21 heavy (non-hydrogen) atoms. The van der Waals surface area contributed by atoms with Crippen molar-refractivity contribution in [3.8, 4) is 5.75 Å². The normalized spacial score (nSPS) is 14.9. The number of ether oxygens (including phenoxy) is 1. The third-order valence-corrected chi connectivity index (χ3v) is 4.00. The fraction of sp³-hybridized carbons (Fsp3) is 0.471. The van der Waals surface area contributed by atoms with E-state index in [1.54, 1.807) is 0 Å². The molecule has 2 heterocycles. The van der Waals surface area contributed by atoms with Gasteiger partial charge in [-0.25, -0.2) is 0 Å². The van der Waals surface area contributed by atoms with Crippen LogP contribution in [0.4, 0.5) is 5.69 Å². The van der Waals surface area contributed by atoms with Crippen molar-refractivity contribution in [3.63, 3.8) is 0 Å². The summed E-state index contributed by atoms with van der Waals surface area (Å²) in [7, 11) is 0. The predicted octanol–water partition coefficient (Wildman–Crippen LogP) is 3.96. The summed E-state index contributed by atoms with van der Waals surface area (Å²) >= 11 is 0. The average Bonchev–Trinajstić information content (AvgIpc) is 3.12. The maximum absolute atomic E-state index is 5.58. The van der Waals surface area contributed by atoms with E-state index in [1.807, 2.05) is 10.9 Å². The largest absolute Gasteiger partial charge is 0.493 e. The summed E-state index contributed by atoms with van der Waals surface area (Å²) in [5.41, 5.74) is 3.72. The molecule has 0 saturated heterocycles. The Morgan fingerprint density at radius 3 is 2.95 bits per heavy atom. The molecule has 0 spiro atoms. The first-order valence-electron chi connectivity index (χ1n) is 7.73. The lowest BCUT2D eigenvalue weighted by atomic mass is 10.0. The molecule has 1 unspecified atom stereocenters. The van der Waals surface area contributed by atoms with Crippen LogP contribution in [-0.4, -0.2) is 16.4 Å². The van der Waals surface area contributed by atoms with Crippen molar-refractivity contribution in [1.82, 2.24) is 9.78 Å². The van der Waals surface area contributed by atoms with Crippen LogP contribution < -0.4 is 10.1 Å². The van der Waals surface area contributed by atoms with Crippen LogP contribution in [0.2, 0.25) is 0 Å². The number of aromatic nitrogens is 2. The van der Waals surface area contributed by atoms with Gasteiger partial charge in [0, 0.05) is 18.7 Å². The van der Waals surface area contributed by atoms with Crippen LogP contribution in [0, 0.1) is 0 Å². The first-order valence-corrected chi connectivity index (χ1v) is 7.73. The molecule has 0 amide bonds. The SMILES string of the molecule is CCC(Nc1cnn(C(C)C)c1)c1ccc2c(c1)CCO2. The monoisotopic (exact) mass is 285 g/mol. The fourth-order valence-corrected chi connectivity index (χ4v) is 2.74. The zero-order valence-electron chi connectivity index (χ0n) is 13.0. The molecule has 1 aliphatic rings. The van der Waals surface area contributed by atoms with E-state index in [0.29, 0.717) is 12.1 Å². The van der Waals surface area contributed by atoms with Gasteiger partial charge in [-0.1, -0.05) is 13.0 Å². The van der Waals surface area contributed by atoms with Crippen LogP contribution in [0.1, 0.15) is 50.4 Å². The van der Waals surface area contributed by atoms with Crippen LogP contribution in [0.15, 0.2) is 30.6 Å². The van der Waals surface area contributed by atoms with Gasteiger partial charge in [0.05, 0.1) is 24.5 Å². The predicted molar refractivity (Wildman–Crippen MR) is 84.9 cm³/mol. The van der Waals surface area contributed by atoms with Crippen molar-refractivity contribution in [2.45, 2.75) is 45.7 Å². The molecule has 0 fully saturated rings. The van der Waals surface area contributed by atoms with Crippen LogP contribution in [0.25, 0.3) is 0 Å². The number of rotatable bonds is 5. The van der Waals surface area contributed by atoms with Gasteiger partial charge in [-0.15, -0.1) is 0 Å². The Morgan fingerprint density at radius 2 is 2.24 bits per heavy atom. The summed E-state index contributed by atoms with van der Waals surface area (Å²) in [6, 6.07) is 7.23. The number of nitrogens with zero attached hydrogens (tertiary/aromatic N) is 2. The zero-order chi connectivity index (χ0) is 14.8. The Morgan fingerprint density at radius 1 is 1.38 bits per heavy atom. The molecule has 4 heteroatoms. The maximum atomic E-state index is 5.58. The van der Waals surface area contributed by atoms with Crippen molar-refractivity contribution in [1.29, 1.82) is 0 Å². The number of anilines is 1. The van der Waals surface area contributed by atoms with Gasteiger partial charge >= 0.3 is 0 Å². The van der Waals surface area contributed by atoms with Gasteiger partial charge in [-0.3, -0.25) is 4.68 Å². The van der Waals surface area contributed by atoms with Gasteiger partial charge in [-0.2, -0.15) is 5.10 Å². The fourth-order valence-electron chi connectivity index (χ4n) is 2.74. The highest BCUT2D eigenvalue weighted by atomic mass is 16.5. The second-order valence-corrected chi connectivity index (χ2v) is 5.87. The van der Waals surface area contributed by atoms with Gasteiger partial charge in [-0.05, 0) is 43.5 Å². The van der Waals surface area contributed by atoms with Gasteiger partial charge in [0.15, 0.2) is 0 Å². The van der Waals surface area contributed by atoms with Crippen molar-refractivity contribution >= 4 is 5.69 Å². The molecule has 1 aliphatic heterocycles. The topological polar surface area (TPSA) is 39.1 Å². The second-order valence-electron chi connectivity index (χ2n) is 5.87. The Labute approximate surface area is 126 Å². The molecule has 0 aliphatic carbocycles. The summed E-state index contributed by atoms with van der Waals surface area (Å²) in [5.74, 6) is 1.04. The molecule has 3 rings (SSSR count). The van der Waals surface area contributed by atoms with Gasteiger partial charge < -0.3 is 10.1 Å². The minimum absolute atomic E-state index is 0.306. The Bertz CT molecular complexity index is 618. The van der Waals surface area contributed by atoms with Crippen LogP contribution in [0.5, 0.6) is 5.75 Å². The van der Waals surface area contributed by atoms with Crippen LogP contribution in [-0.2, 0) is 6.42 Å². The summed E-state index contributed by atoms with van der Waals surface area (Å²) < 4.78 is 7.56. The van der Waals surface area contributed by atoms with Gasteiger partial charge in [0.1, 0.15) is 5.75 Å². The lowest BCUT2D eigenvalue weighted by Gasteiger charge is -2.18. The molecule has 2 aromatic rings. The van der Waals surface area contributed by atoms with E-state index in [9.17, 15) is 0 Å². The Hall–Kier alpha value is -1.97. The number of hydrogen-bond donors (Lipinski definition) is 1. The van der Waals surface area contributed by atoms with Crippen molar-refractivity contribution in [2.75, 3.05) is 11.9 Å². The zero-order valence-corrected chi connectivity index (χ0v) is 13.0. The van der Waals surface area contributed by atoms with Crippen LogP contribution in [0.3, 0.4) is 0 Å². The molecular formula is C17H23N3O. The average molecular weight is 285 g/mol. The first kappa shape index (κ1) is 14.0. The summed E-state index contributed by atoms with van der Waals surface area (Å²) in [6.07, 6.45) is 6.03. The quantitative estimate of drug-likeness (QED) is 0.903. The van der Waals surface area contributed by atoms with Crippen molar-refractivity contribution in [2.24, 2.45) is 0 Å². The van der Waals surface area contributed by atoms with E-state index >= 15 is 0 Å². The van der Waals surface area contributed by atoms with Crippen LogP contribution >= 0.6 is 0 Å². The van der Waals surface area contributed by atoms with E-state index in [2.05, 4.69) is 55.6 Å². The molecule has 4 nitrogen and oxygen atoms in total. The first-order chi connectivity index (χ1) is 10.2. The smallest absolute Gasteiger partial charge is 0.122 e. The highest BCUT2D eigenvalue weighted by molar-refractivity contribution is 5.45. The highest BCUT2D eigenvalue weighted by Gasteiger charge is 2.16. The number of hydrogen-bond acceptors (Lipinski definition) is 3. The molecule has 0 radical (unpaired) electrons. The molecule has 0 saturated carbocycles. The molecular weight excluding hydrogens is 262 g/mol. The third kappa shape index (κ3) is 2.89. The van der Waals surface area contributed by atoms with E-state index in [0.717, 1.165) is 30.9 Å². The molecule has 1 aromatic carbocycles. The Kier molecular flexibility index (Phi) is 3.86. The van der Waals surface area contributed by atoms with Gasteiger partial charge in [0.25, 0.3) is 0 Å². The number of benzene rings is 1. The van der Waals surface area contributed by atoms with E-state index in [-0.39, 0.29) is 0 Å². The Balaban J connectivity index is 1.78. The summed E-state index contributed by atoms with van der Waals surface area (Å²) in [6.45, 7) is 7.28. The molecule has 112 valence electrons. The standard InChI is InChI=1S/C17H23N3O/c1-4-16(19-15-10-18-20(11-15)12(2)3)13-5-6-17-14(9-13)7-8-21-17/h5-6,9-12,16,19H,4,7-8H2,1-3H3. The number of nitrogens with one attached hydrogen (secondary N) is 1. The maximum Gasteiger partial charge on any atom is 0.122 e. The minimum Gasteiger partial charge on any atom is -0.493 e. The highest BCUT2D eigenvalue weighted by Crippen LogP contribution is 2.30. The molecule has 0 bridgehead atoms. The summed E-state index contributed by atoms with van der Waals surface area (Å²) in [4.78, 5) is 0. The van der Waals surface area contributed by atoms with E-state index in [1.165, 1.54) is 11.1 Å². The molecule has 1 N–H and O–H groups in total. The van der Waals surface area contributed by atoms with E-state index in [4.69, 9.17) is 4.74 Å². The minimum atomic E-state index is 0.306. The number of fused-ring (bicyclic) bond motifs is 1. The molecule has 1 atom stereocenters. The third-order valence-electron chi connectivity index (χ3n) is 4.00. The lowest BCUT2D eigenvalue weighted by Crippen LogP contribution is -2.09. The lowest BCUT2D eigenvalue weighted by molar-refractivity contribution is 0.357. The van der Waals surface area contributed by atoms with E-state index < -0.39 is 0 Å². The second kappa shape index (κ2) is 5.80. The molecule has 1 aromatic heterocycles.